The highest BCUT2D eigenvalue weighted by Crippen LogP contribution is 2.36. The molecule has 0 unspecified atom stereocenters. The highest BCUT2D eigenvalue weighted by molar-refractivity contribution is 6.29. The molecular formula is C15H9ClN4O2. The molecule has 0 bridgehead atoms. The van der Waals surface area contributed by atoms with Gasteiger partial charge < -0.3 is 10.2 Å². The molecule has 6 nitrogen and oxygen atoms in total. The van der Waals surface area contributed by atoms with Crippen molar-refractivity contribution in [1.29, 1.82) is 0 Å². The molecular weight excluding hydrogens is 304 g/mol. The Labute approximate surface area is 129 Å². The molecule has 4 aromatic heterocycles. The Kier molecular flexibility index (Phi) is 2.67. The van der Waals surface area contributed by atoms with Gasteiger partial charge in [0, 0.05) is 11.6 Å². The van der Waals surface area contributed by atoms with E-state index in [1.165, 1.54) is 4.57 Å². The van der Waals surface area contributed by atoms with Crippen molar-refractivity contribution in [2.45, 2.75) is 0 Å². The molecule has 0 atom stereocenters. The van der Waals surface area contributed by atoms with E-state index in [4.69, 9.17) is 11.6 Å². The van der Waals surface area contributed by atoms with Crippen LogP contribution in [0.25, 0.3) is 27.8 Å². The fourth-order valence-electron chi connectivity index (χ4n) is 2.40. The smallest absolute Gasteiger partial charge is 0.227 e. The molecule has 4 heterocycles. The minimum Gasteiger partial charge on any atom is -0.494 e. The summed E-state index contributed by atoms with van der Waals surface area (Å²) in [7, 11) is 0. The number of halogens is 1. The molecule has 108 valence electrons. The molecule has 2 N–H and O–H groups in total. The number of rotatable bonds is 1. The fraction of sp³-hybridized carbons (Fsp3) is 0. The van der Waals surface area contributed by atoms with Crippen LogP contribution in [0.2, 0.25) is 5.15 Å². The molecule has 0 saturated heterocycles. The molecule has 0 spiro atoms. The van der Waals surface area contributed by atoms with Gasteiger partial charge in [0.15, 0.2) is 5.65 Å². The van der Waals surface area contributed by atoms with Crippen LogP contribution in [-0.2, 0) is 0 Å². The SMILES string of the molecule is Oc1c2cccnc2c(O)n1-c1ccc2ccc(Cl)nc2n1. The van der Waals surface area contributed by atoms with E-state index in [9.17, 15) is 10.2 Å². The molecule has 0 fully saturated rings. The lowest BCUT2D eigenvalue weighted by Crippen LogP contribution is -1.97. The van der Waals surface area contributed by atoms with E-state index >= 15 is 0 Å². The van der Waals surface area contributed by atoms with Crippen molar-refractivity contribution >= 4 is 33.5 Å². The molecule has 7 heteroatoms. The van der Waals surface area contributed by atoms with Gasteiger partial charge in [-0.05, 0) is 36.4 Å². The summed E-state index contributed by atoms with van der Waals surface area (Å²) in [6.07, 6.45) is 1.54. The van der Waals surface area contributed by atoms with Crippen LogP contribution in [0.1, 0.15) is 0 Å². The van der Waals surface area contributed by atoms with Crippen molar-refractivity contribution in [3.8, 4) is 17.6 Å². The zero-order valence-corrected chi connectivity index (χ0v) is 11.9. The van der Waals surface area contributed by atoms with Gasteiger partial charge in [-0.1, -0.05) is 11.6 Å². The summed E-state index contributed by atoms with van der Waals surface area (Å²) in [4.78, 5) is 12.5. The standard InChI is InChI=1S/C15H9ClN4O2/c16-10-5-3-8-4-6-11(19-13(8)18-10)20-14(21)9-2-1-7-17-12(9)15(20)22/h1-7,21-22H. The maximum absolute atomic E-state index is 10.3. The lowest BCUT2D eigenvalue weighted by atomic mass is 10.3. The third-order valence-electron chi connectivity index (χ3n) is 3.42. The lowest BCUT2D eigenvalue weighted by Gasteiger charge is -2.06. The number of hydrogen-bond acceptors (Lipinski definition) is 5. The van der Waals surface area contributed by atoms with E-state index in [-0.39, 0.29) is 11.8 Å². The second-order valence-electron chi connectivity index (χ2n) is 4.73. The van der Waals surface area contributed by atoms with Gasteiger partial charge in [0.25, 0.3) is 0 Å². The first-order valence-corrected chi connectivity index (χ1v) is 6.84. The predicted molar refractivity (Wildman–Crippen MR) is 82.5 cm³/mol. The van der Waals surface area contributed by atoms with Gasteiger partial charge in [-0.25, -0.2) is 14.5 Å². The van der Waals surface area contributed by atoms with Crippen molar-refractivity contribution in [3.05, 3.63) is 47.7 Å². The summed E-state index contributed by atoms with van der Waals surface area (Å²) in [5, 5.41) is 22.2. The largest absolute Gasteiger partial charge is 0.494 e. The molecule has 0 radical (unpaired) electrons. The van der Waals surface area contributed by atoms with Gasteiger partial charge in [-0.2, -0.15) is 0 Å². The van der Waals surface area contributed by atoms with Gasteiger partial charge in [-0.15, -0.1) is 0 Å². The topological polar surface area (TPSA) is 84.1 Å². The van der Waals surface area contributed by atoms with Crippen molar-refractivity contribution in [2.75, 3.05) is 0 Å². The van der Waals surface area contributed by atoms with Crippen molar-refractivity contribution in [3.63, 3.8) is 0 Å². The van der Waals surface area contributed by atoms with Gasteiger partial charge in [0.05, 0.1) is 5.39 Å². The Bertz CT molecular complexity index is 990. The van der Waals surface area contributed by atoms with Gasteiger partial charge in [0.1, 0.15) is 16.5 Å². The van der Waals surface area contributed by atoms with Crippen molar-refractivity contribution in [1.82, 2.24) is 19.5 Å². The molecule has 0 aliphatic carbocycles. The van der Waals surface area contributed by atoms with E-state index in [0.29, 0.717) is 27.5 Å². The number of fused-ring (bicyclic) bond motifs is 2. The van der Waals surface area contributed by atoms with Crippen LogP contribution in [0, 0.1) is 0 Å². The number of aromatic hydroxyl groups is 2. The van der Waals surface area contributed by atoms with Crippen LogP contribution in [0.15, 0.2) is 42.6 Å². The summed E-state index contributed by atoms with van der Waals surface area (Å²) in [5.74, 6) is 0.0201. The average Bonchev–Trinajstić information content (AvgIpc) is 2.79. The first-order valence-electron chi connectivity index (χ1n) is 6.46. The first-order chi connectivity index (χ1) is 10.6. The van der Waals surface area contributed by atoms with Crippen LogP contribution in [0.4, 0.5) is 0 Å². The second kappa shape index (κ2) is 4.57. The number of hydrogen-bond donors (Lipinski definition) is 2. The van der Waals surface area contributed by atoms with Crippen LogP contribution in [0.5, 0.6) is 11.8 Å². The number of nitrogens with zero attached hydrogens (tertiary/aromatic N) is 4. The van der Waals surface area contributed by atoms with E-state index in [1.54, 1.807) is 42.6 Å². The van der Waals surface area contributed by atoms with E-state index < -0.39 is 0 Å². The Morgan fingerprint density at radius 2 is 1.77 bits per heavy atom. The third-order valence-corrected chi connectivity index (χ3v) is 3.63. The molecule has 22 heavy (non-hydrogen) atoms. The highest BCUT2D eigenvalue weighted by atomic mass is 35.5. The summed E-state index contributed by atoms with van der Waals surface area (Å²) in [5.41, 5.74) is 0.732. The van der Waals surface area contributed by atoms with Crippen LogP contribution < -0.4 is 0 Å². The molecule has 4 aromatic rings. The summed E-state index contributed by atoms with van der Waals surface area (Å²) < 4.78 is 1.22. The Morgan fingerprint density at radius 1 is 0.955 bits per heavy atom. The summed E-state index contributed by atoms with van der Waals surface area (Å²) >= 11 is 5.88. The Hall–Kier alpha value is -2.86. The normalized spacial score (nSPS) is 11.3. The molecule has 0 aliphatic rings. The fourth-order valence-corrected chi connectivity index (χ4v) is 2.54. The minimum absolute atomic E-state index is 0.130. The second-order valence-corrected chi connectivity index (χ2v) is 5.12. The van der Waals surface area contributed by atoms with Crippen molar-refractivity contribution in [2.24, 2.45) is 0 Å². The third kappa shape index (κ3) is 1.78. The molecule has 0 amide bonds. The van der Waals surface area contributed by atoms with E-state index in [2.05, 4.69) is 15.0 Å². The monoisotopic (exact) mass is 312 g/mol. The first kappa shape index (κ1) is 12.8. The number of aromatic nitrogens is 4. The van der Waals surface area contributed by atoms with Gasteiger partial charge in [0.2, 0.25) is 11.8 Å². The summed E-state index contributed by atoms with van der Waals surface area (Å²) in [6, 6.07) is 10.3. The molecule has 0 aromatic carbocycles. The van der Waals surface area contributed by atoms with Crippen LogP contribution in [-0.4, -0.2) is 29.7 Å². The zero-order valence-electron chi connectivity index (χ0n) is 11.1. The van der Waals surface area contributed by atoms with E-state index in [1.807, 2.05) is 0 Å². The van der Waals surface area contributed by atoms with Gasteiger partial charge >= 0.3 is 0 Å². The van der Waals surface area contributed by atoms with Crippen molar-refractivity contribution < 1.29 is 10.2 Å². The quantitative estimate of drug-likeness (QED) is 0.528. The average molecular weight is 313 g/mol. The Balaban J connectivity index is 2.02. The van der Waals surface area contributed by atoms with Gasteiger partial charge in [-0.3, -0.25) is 4.98 Å². The maximum atomic E-state index is 10.3. The van der Waals surface area contributed by atoms with Crippen LogP contribution in [0.3, 0.4) is 0 Å². The zero-order chi connectivity index (χ0) is 15.3. The minimum atomic E-state index is -0.179. The molecule has 0 saturated carbocycles. The van der Waals surface area contributed by atoms with Crippen LogP contribution >= 0.6 is 11.6 Å². The Morgan fingerprint density at radius 3 is 2.59 bits per heavy atom. The molecule has 4 rings (SSSR count). The lowest BCUT2D eigenvalue weighted by molar-refractivity contribution is 0.404. The maximum Gasteiger partial charge on any atom is 0.227 e. The summed E-state index contributed by atoms with van der Waals surface area (Å²) in [6.45, 7) is 0. The van der Waals surface area contributed by atoms with E-state index in [0.717, 1.165) is 5.39 Å². The highest BCUT2D eigenvalue weighted by Gasteiger charge is 2.19. The number of pyridine rings is 3. The molecule has 0 aliphatic heterocycles. The predicted octanol–water partition coefficient (Wildman–Crippen LogP) is 3.03.